The largest absolute Gasteiger partial charge is 0.0622 e. The van der Waals surface area contributed by atoms with Gasteiger partial charge in [0.1, 0.15) is 0 Å². The highest BCUT2D eigenvalue weighted by molar-refractivity contribution is 6.35. The Hall–Kier alpha value is -8.58. The molecule has 12 aromatic carbocycles. The topological polar surface area (TPSA) is 0 Å². The molecule has 0 atom stereocenters. The van der Waals surface area contributed by atoms with Gasteiger partial charge in [-0.25, -0.2) is 0 Å². The molecule has 66 heavy (non-hydrogen) atoms. The van der Waals surface area contributed by atoms with Crippen molar-refractivity contribution in [1.82, 2.24) is 0 Å². The fourth-order valence-corrected chi connectivity index (χ4v) is 10.5. The van der Waals surface area contributed by atoms with Gasteiger partial charge in [0, 0.05) is 0 Å². The minimum absolute atomic E-state index is 1.18. The number of rotatable bonds is 8. The van der Waals surface area contributed by atoms with E-state index in [0.29, 0.717) is 0 Å². The Kier molecular flexibility index (Phi) is 9.97. The maximum Gasteiger partial charge on any atom is -0.000740 e. The summed E-state index contributed by atoms with van der Waals surface area (Å²) in [7, 11) is 0. The van der Waals surface area contributed by atoms with Crippen molar-refractivity contribution in [2.24, 2.45) is 0 Å². The summed E-state index contributed by atoms with van der Waals surface area (Å²) < 4.78 is 0. The molecule has 0 saturated carbocycles. The minimum Gasteiger partial charge on any atom is -0.0622 e. The summed E-state index contributed by atoms with van der Waals surface area (Å²) in [6.45, 7) is 0. The molecular formula is C66H44. The Balaban J connectivity index is 1.44. The summed E-state index contributed by atoms with van der Waals surface area (Å²) in [6, 6.07) is 98.1. The van der Waals surface area contributed by atoms with Crippen LogP contribution in [0.1, 0.15) is 0 Å². The van der Waals surface area contributed by atoms with Gasteiger partial charge in [-0.1, -0.05) is 267 Å². The van der Waals surface area contributed by atoms with Crippen LogP contribution in [-0.2, 0) is 0 Å². The van der Waals surface area contributed by atoms with Gasteiger partial charge in [-0.2, -0.15) is 0 Å². The lowest BCUT2D eigenvalue weighted by Crippen LogP contribution is -2.00. The number of fused-ring (bicyclic) bond motifs is 5. The van der Waals surface area contributed by atoms with Crippen LogP contribution in [0.25, 0.3) is 121 Å². The normalized spacial score (nSPS) is 11.3. The van der Waals surface area contributed by atoms with Crippen molar-refractivity contribution < 1.29 is 0 Å². The molecule has 0 aliphatic heterocycles. The first-order chi connectivity index (χ1) is 32.8. The Bertz CT molecular complexity index is 3420. The van der Waals surface area contributed by atoms with Crippen molar-refractivity contribution in [3.63, 3.8) is 0 Å². The van der Waals surface area contributed by atoms with Crippen LogP contribution in [-0.4, -0.2) is 0 Å². The van der Waals surface area contributed by atoms with Crippen molar-refractivity contribution in [3.05, 3.63) is 267 Å². The Morgan fingerprint density at radius 1 is 0.136 bits per heavy atom. The van der Waals surface area contributed by atoms with Crippen LogP contribution < -0.4 is 0 Å². The lowest BCUT2D eigenvalue weighted by molar-refractivity contribution is 1.57. The van der Waals surface area contributed by atoms with Crippen LogP contribution in [0, 0.1) is 0 Å². The molecule has 0 unspecified atom stereocenters. The molecule has 0 spiro atoms. The molecule has 0 aliphatic rings. The van der Waals surface area contributed by atoms with E-state index in [-0.39, 0.29) is 0 Å². The summed E-state index contributed by atoms with van der Waals surface area (Å²) in [5.41, 5.74) is 19.2. The Labute approximate surface area is 386 Å². The van der Waals surface area contributed by atoms with Crippen LogP contribution in [0.3, 0.4) is 0 Å². The summed E-state index contributed by atoms with van der Waals surface area (Å²) in [4.78, 5) is 0. The van der Waals surface area contributed by atoms with Gasteiger partial charge in [-0.15, -0.1) is 0 Å². The minimum atomic E-state index is 1.18. The Morgan fingerprint density at radius 3 is 0.576 bits per heavy atom. The van der Waals surface area contributed by atoms with Gasteiger partial charge in [0.25, 0.3) is 0 Å². The second kappa shape index (κ2) is 16.8. The molecule has 0 bridgehead atoms. The van der Waals surface area contributed by atoms with Crippen molar-refractivity contribution in [3.8, 4) is 89.0 Å². The molecule has 0 heteroatoms. The van der Waals surface area contributed by atoms with Gasteiger partial charge < -0.3 is 0 Å². The van der Waals surface area contributed by atoms with Gasteiger partial charge in [0.2, 0.25) is 0 Å². The molecule has 308 valence electrons. The molecule has 0 aliphatic carbocycles. The van der Waals surface area contributed by atoms with Gasteiger partial charge in [-0.3, -0.25) is 0 Å². The second-order valence-corrected chi connectivity index (χ2v) is 17.0. The lowest BCUT2D eigenvalue weighted by atomic mass is 9.75. The van der Waals surface area contributed by atoms with Crippen LogP contribution in [0.4, 0.5) is 0 Å². The Morgan fingerprint density at radius 2 is 0.333 bits per heavy atom. The molecular weight excluding hydrogens is 793 g/mol. The number of benzene rings is 12. The average Bonchev–Trinajstić information content (AvgIpc) is 3.41. The van der Waals surface area contributed by atoms with E-state index in [4.69, 9.17) is 0 Å². The zero-order valence-electron chi connectivity index (χ0n) is 36.4. The van der Waals surface area contributed by atoms with E-state index in [1.807, 2.05) is 0 Å². The van der Waals surface area contributed by atoms with E-state index >= 15 is 0 Å². The standard InChI is InChI=1S/C66H44/c1-9-25-45(26-10-1)56-54-43-41-53-42-44-55-57(46-27-11-2-12-28-46)59(48-31-15-4-16-32-48)61(50-35-19-6-20-36-50)63(52-39-23-8-24-40-52)66(55)64(53)65(54)62(51-37-21-7-22-38-51)60(49-33-17-5-18-34-49)58(56)47-29-13-3-14-30-47/h1-44H. The van der Waals surface area contributed by atoms with Crippen LogP contribution in [0.5, 0.6) is 0 Å². The highest BCUT2D eigenvalue weighted by Crippen LogP contribution is 2.57. The first-order valence-corrected chi connectivity index (χ1v) is 22.9. The quantitative estimate of drug-likeness (QED) is 0.134. The monoisotopic (exact) mass is 836 g/mol. The first-order valence-electron chi connectivity index (χ1n) is 22.9. The fourth-order valence-electron chi connectivity index (χ4n) is 10.5. The third-order valence-electron chi connectivity index (χ3n) is 13.2. The molecule has 0 saturated heterocycles. The second-order valence-electron chi connectivity index (χ2n) is 17.0. The van der Waals surface area contributed by atoms with Crippen molar-refractivity contribution in [2.75, 3.05) is 0 Å². The van der Waals surface area contributed by atoms with E-state index in [0.717, 1.165) is 0 Å². The third-order valence-corrected chi connectivity index (χ3v) is 13.2. The molecule has 0 amide bonds. The predicted octanol–water partition coefficient (Wildman–Crippen LogP) is 18.5. The average molecular weight is 837 g/mol. The SMILES string of the molecule is c1ccc(-c2c(-c3ccccc3)c(-c3ccccc3)c3c(ccc4ccc5c(-c6ccccc6)c(-c6ccccc6)c(-c6ccccc6)c(-c6ccccc6)c5c43)c2-c2ccccc2)cc1. The van der Waals surface area contributed by atoms with E-state index in [1.54, 1.807) is 0 Å². The maximum atomic E-state index is 2.40. The predicted molar refractivity (Wildman–Crippen MR) is 282 cm³/mol. The molecule has 0 nitrogen and oxygen atoms in total. The fraction of sp³-hybridized carbons (Fsp3) is 0. The highest BCUT2D eigenvalue weighted by Gasteiger charge is 2.29. The summed E-state index contributed by atoms with van der Waals surface area (Å²) >= 11 is 0. The lowest BCUT2D eigenvalue weighted by Gasteiger charge is -2.28. The van der Waals surface area contributed by atoms with Gasteiger partial charge in [0.05, 0.1) is 0 Å². The van der Waals surface area contributed by atoms with Crippen molar-refractivity contribution in [2.45, 2.75) is 0 Å². The number of hydrogen-bond acceptors (Lipinski definition) is 0. The smallest absolute Gasteiger partial charge is 0.000740 e. The molecule has 12 aromatic rings. The zero-order chi connectivity index (χ0) is 43.8. The van der Waals surface area contributed by atoms with Gasteiger partial charge in [-0.05, 0) is 121 Å². The molecule has 0 fully saturated rings. The van der Waals surface area contributed by atoms with Crippen LogP contribution in [0.15, 0.2) is 267 Å². The zero-order valence-corrected chi connectivity index (χ0v) is 36.4. The molecule has 12 rings (SSSR count). The van der Waals surface area contributed by atoms with Gasteiger partial charge >= 0.3 is 0 Å². The van der Waals surface area contributed by atoms with Crippen molar-refractivity contribution >= 4 is 32.3 Å². The molecule has 0 N–H and O–H groups in total. The van der Waals surface area contributed by atoms with E-state index < -0.39 is 0 Å². The van der Waals surface area contributed by atoms with Crippen molar-refractivity contribution in [1.29, 1.82) is 0 Å². The highest BCUT2D eigenvalue weighted by atomic mass is 14.3. The van der Waals surface area contributed by atoms with E-state index in [1.165, 1.54) is 121 Å². The van der Waals surface area contributed by atoms with E-state index in [2.05, 4.69) is 267 Å². The van der Waals surface area contributed by atoms with Gasteiger partial charge in [0.15, 0.2) is 0 Å². The number of hydrogen-bond donors (Lipinski definition) is 0. The summed E-state index contributed by atoms with van der Waals surface area (Å²) in [5.74, 6) is 0. The maximum absolute atomic E-state index is 2.40. The van der Waals surface area contributed by atoms with Crippen LogP contribution >= 0.6 is 0 Å². The molecule has 0 heterocycles. The van der Waals surface area contributed by atoms with Crippen LogP contribution in [0.2, 0.25) is 0 Å². The summed E-state index contributed by atoms with van der Waals surface area (Å²) in [6.07, 6.45) is 0. The third kappa shape index (κ3) is 6.62. The summed E-state index contributed by atoms with van der Waals surface area (Å²) in [5, 5.41) is 7.35. The molecule has 0 aromatic heterocycles. The first kappa shape index (κ1) is 39.0. The van der Waals surface area contributed by atoms with E-state index in [9.17, 15) is 0 Å². The molecule has 0 radical (unpaired) electrons.